The van der Waals surface area contributed by atoms with Crippen molar-refractivity contribution in [2.24, 2.45) is 5.92 Å². The molecule has 102 valence electrons. The lowest BCUT2D eigenvalue weighted by Gasteiger charge is -2.07. The van der Waals surface area contributed by atoms with Crippen LogP contribution >= 0.6 is 0 Å². The van der Waals surface area contributed by atoms with Gasteiger partial charge in [-0.05, 0) is 38.6 Å². The topological polar surface area (TPSA) is 63.0 Å². The molecule has 2 rings (SSSR count). The van der Waals surface area contributed by atoms with E-state index < -0.39 is 0 Å². The fourth-order valence-corrected chi connectivity index (χ4v) is 2.19. The monoisotopic (exact) mass is 252 g/mol. The van der Waals surface area contributed by atoms with E-state index in [9.17, 15) is 0 Å². The molecule has 5 heteroatoms. The quantitative estimate of drug-likeness (QED) is 0.745. The maximum absolute atomic E-state index is 5.62. The summed E-state index contributed by atoms with van der Waals surface area (Å²) >= 11 is 0. The molecule has 18 heavy (non-hydrogen) atoms. The fraction of sp³-hybridized carbons (Fsp3) is 0.846. The predicted molar refractivity (Wildman–Crippen MR) is 71.4 cm³/mol. The first kappa shape index (κ1) is 13.3. The van der Waals surface area contributed by atoms with Gasteiger partial charge in [-0.2, -0.15) is 0 Å². The average Bonchev–Trinajstić information content (AvgIpc) is 2.91. The van der Waals surface area contributed by atoms with Gasteiger partial charge >= 0.3 is 6.01 Å². The van der Waals surface area contributed by atoms with Crippen LogP contribution in [0.3, 0.4) is 0 Å². The lowest BCUT2D eigenvalue weighted by Crippen LogP contribution is -2.19. The zero-order valence-corrected chi connectivity index (χ0v) is 11.6. The lowest BCUT2D eigenvalue weighted by molar-refractivity contribution is 0.422. The van der Waals surface area contributed by atoms with Crippen molar-refractivity contribution in [2.75, 3.05) is 11.9 Å². The summed E-state index contributed by atoms with van der Waals surface area (Å²) in [5, 5.41) is 14.8. The molecule has 0 bridgehead atoms. The number of anilines is 1. The Morgan fingerprint density at radius 3 is 2.89 bits per heavy atom. The molecule has 0 spiro atoms. The van der Waals surface area contributed by atoms with Gasteiger partial charge in [-0.15, -0.1) is 5.10 Å². The van der Waals surface area contributed by atoms with Gasteiger partial charge in [-0.1, -0.05) is 25.4 Å². The van der Waals surface area contributed by atoms with Crippen LogP contribution in [-0.2, 0) is 0 Å². The van der Waals surface area contributed by atoms with Gasteiger partial charge in [-0.3, -0.25) is 0 Å². The van der Waals surface area contributed by atoms with Gasteiger partial charge in [0.2, 0.25) is 5.89 Å². The van der Waals surface area contributed by atoms with Gasteiger partial charge in [0.05, 0.1) is 6.04 Å². The van der Waals surface area contributed by atoms with Gasteiger partial charge in [0.25, 0.3) is 0 Å². The van der Waals surface area contributed by atoms with Crippen molar-refractivity contribution in [1.29, 1.82) is 0 Å². The summed E-state index contributed by atoms with van der Waals surface area (Å²) in [4.78, 5) is 0. The van der Waals surface area contributed by atoms with Gasteiger partial charge in [0, 0.05) is 6.04 Å². The molecule has 1 heterocycles. The summed E-state index contributed by atoms with van der Waals surface area (Å²) in [6, 6.07) is 1.23. The van der Waals surface area contributed by atoms with Crippen molar-refractivity contribution in [3.05, 3.63) is 5.89 Å². The zero-order valence-electron chi connectivity index (χ0n) is 11.6. The number of nitrogens with zero attached hydrogens (tertiary/aromatic N) is 2. The van der Waals surface area contributed by atoms with Gasteiger partial charge in [0.1, 0.15) is 0 Å². The summed E-state index contributed by atoms with van der Waals surface area (Å²) < 4.78 is 5.62. The maximum Gasteiger partial charge on any atom is 0.315 e. The molecule has 1 aliphatic rings. The third-order valence-electron chi connectivity index (χ3n) is 3.40. The van der Waals surface area contributed by atoms with E-state index in [1.54, 1.807) is 0 Å². The van der Waals surface area contributed by atoms with E-state index in [0.29, 0.717) is 17.9 Å². The Morgan fingerprint density at radius 2 is 2.17 bits per heavy atom. The first-order chi connectivity index (χ1) is 8.74. The van der Waals surface area contributed by atoms with Crippen LogP contribution in [0.5, 0.6) is 0 Å². The Bertz CT molecular complexity index is 366. The highest BCUT2D eigenvalue weighted by Crippen LogP contribution is 2.37. The molecule has 0 aromatic carbocycles. The first-order valence-corrected chi connectivity index (χ1v) is 7.07. The van der Waals surface area contributed by atoms with Crippen LogP contribution in [0, 0.1) is 5.92 Å². The third-order valence-corrected chi connectivity index (χ3v) is 3.40. The number of aromatic nitrogens is 2. The van der Waals surface area contributed by atoms with Gasteiger partial charge < -0.3 is 15.1 Å². The van der Waals surface area contributed by atoms with Crippen molar-refractivity contribution in [1.82, 2.24) is 15.5 Å². The summed E-state index contributed by atoms with van der Waals surface area (Å²) in [5.74, 6) is 1.46. The van der Waals surface area contributed by atoms with E-state index in [-0.39, 0.29) is 6.04 Å². The second-order valence-corrected chi connectivity index (χ2v) is 5.16. The van der Waals surface area contributed by atoms with Crippen LogP contribution in [0.15, 0.2) is 4.42 Å². The van der Waals surface area contributed by atoms with Crippen LogP contribution < -0.4 is 10.6 Å². The largest absolute Gasteiger partial charge is 0.406 e. The Hall–Kier alpha value is -1.10. The molecule has 1 saturated carbocycles. The molecule has 0 radical (unpaired) electrons. The highest BCUT2D eigenvalue weighted by atomic mass is 16.4. The minimum atomic E-state index is 0.124. The van der Waals surface area contributed by atoms with Crippen molar-refractivity contribution in [3.8, 4) is 0 Å². The summed E-state index contributed by atoms with van der Waals surface area (Å²) in [6.45, 7) is 7.38. The average molecular weight is 252 g/mol. The minimum absolute atomic E-state index is 0.124. The first-order valence-electron chi connectivity index (χ1n) is 7.07. The molecule has 0 saturated heterocycles. The molecule has 3 unspecified atom stereocenters. The predicted octanol–water partition coefficient (Wildman–Crippen LogP) is 2.73. The van der Waals surface area contributed by atoms with E-state index in [2.05, 4.69) is 34.7 Å². The second-order valence-electron chi connectivity index (χ2n) is 5.16. The summed E-state index contributed by atoms with van der Waals surface area (Å²) in [7, 11) is 0. The van der Waals surface area contributed by atoms with Crippen molar-refractivity contribution in [2.45, 2.75) is 58.5 Å². The van der Waals surface area contributed by atoms with Gasteiger partial charge in [-0.25, -0.2) is 0 Å². The Labute approximate surface area is 109 Å². The van der Waals surface area contributed by atoms with Crippen LogP contribution in [0.1, 0.15) is 58.4 Å². The molecule has 0 aliphatic heterocycles. The van der Waals surface area contributed by atoms with E-state index in [4.69, 9.17) is 4.42 Å². The Morgan fingerprint density at radius 1 is 1.33 bits per heavy atom. The number of hydrogen-bond donors (Lipinski definition) is 2. The number of nitrogens with one attached hydrogen (secondary N) is 2. The van der Waals surface area contributed by atoms with Crippen LogP contribution in [0.2, 0.25) is 0 Å². The molecule has 5 nitrogen and oxygen atoms in total. The normalized spacial score (nSPS) is 23.9. The smallest absolute Gasteiger partial charge is 0.315 e. The molecule has 0 amide bonds. The molecule has 1 aliphatic carbocycles. The third kappa shape index (κ3) is 3.45. The number of hydrogen-bond acceptors (Lipinski definition) is 5. The van der Waals surface area contributed by atoms with Crippen LogP contribution in [-0.4, -0.2) is 22.8 Å². The van der Waals surface area contributed by atoms with E-state index in [0.717, 1.165) is 18.9 Å². The molecule has 2 N–H and O–H groups in total. The lowest BCUT2D eigenvalue weighted by atomic mass is 10.2. The summed E-state index contributed by atoms with van der Waals surface area (Å²) in [5.41, 5.74) is 0. The molecule has 1 aromatic rings. The summed E-state index contributed by atoms with van der Waals surface area (Å²) in [6.07, 6.45) is 4.86. The van der Waals surface area contributed by atoms with E-state index in [1.165, 1.54) is 19.3 Å². The molecule has 1 aromatic heterocycles. The molecular weight excluding hydrogens is 228 g/mol. The van der Waals surface area contributed by atoms with E-state index >= 15 is 0 Å². The molecule has 1 fully saturated rings. The van der Waals surface area contributed by atoms with Crippen molar-refractivity contribution >= 4 is 6.01 Å². The minimum Gasteiger partial charge on any atom is -0.406 e. The second kappa shape index (κ2) is 6.18. The highest BCUT2D eigenvalue weighted by molar-refractivity contribution is 5.24. The van der Waals surface area contributed by atoms with Gasteiger partial charge in [0.15, 0.2) is 0 Å². The Kier molecular flexibility index (Phi) is 4.58. The molecule has 3 atom stereocenters. The fourth-order valence-electron chi connectivity index (χ4n) is 2.19. The highest BCUT2D eigenvalue weighted by Gasteiger charge is 2.37. The molecular formula is C13H24N4O. The van der Waals surface area contributed by atoms with E-state index in [1.807, 2.05) is 6.92 Å². The van der Waals surface area contributed by atoms with Crippen molar-refractivity contribution < 1.29 is 4.42 Å². The SMILES string of the molecule is CCCNC(C)c1nnc(NC2CC2CCC)o1. The zero-order chi connectivity index (χ0) is 13.0. The standard InChI is InChI=1S/C13H24N4O/c1-4-6-10-8-11(10)15-13-17-16-12(18-13)9(3)14-7-5-2/h9-11,14H,4-8H2,1-3H3,(H,15,17). The van der Waals surface area contributed by atoms with Crippen LogP contribution in [0.25, 0.3) is 0 Å². The maximum atomic E-state index is 5.62. The Balaban J connectivity index is 1.79. The van der Waals surface area contributed by atoms with Crippen LogP contribution in [0.4, 0.5) is 6.01 Å². The van der Waals surface area contributed by atoms with Crippen molar-refractivity contribution in [3.63, 3.8) is 0 Å². The number of rotatable bonds is 8.